The van der Waals surface area contributed by atoms with Gasteiger partial charge in [0.25, 0.3) is 0 Å². The average molecular weight is 385 g/mol. The predicted molar refractivity (Wildman–Crippen MR) is 83.7 cm³/mol. The van der Waals surface area contributed by atoms with Gasteiger partial charge in [0.2, 0.25) is 5.71 Å². The topological polar surface area (TPSA) is 124 Å². The van der Waals surface area contributed by atoms with Gasteiger partial charge in [-0.3, -0.25) is 10.8 Å². The number of carbonyl (C=O) groups excluding carboxylic acids is 1. The Morgan fingerprint density at radius 2 is 2.35 bits per heavy atom. The Labute approximate surface area is 129 Å². The van der Waals surface area contributed by atoms with Crippen molar-refractivity contribution in [3.05, 3.63) is 27.3 Å². The van der Waals surface area contributed by atoms with E-state index in [9.17, 15) is 4.79 Å². The van der Waals surface area contributed by atoms with E-state index in [0.717, 1.165) is 3.57 Å². The number of nitrogens with zero attached hydrogens (tertiary/aromatic N) is 2. The summed E-state index contributed by atoms with van der Waals surface area (Å²) >= 11 is 2.02. The van der Waals surface area contributed by atoms with Crippen molar-refractivity contribution < 1.29 is 9.53 Å². The Hall–Kier alpha value is -2.15. The fraction of sp³-hybridized carbons (Fsp3) is 0.167. The number of hydrogen-bond donors (Lipinski definition) is 3. The standard InChI is InChI=1S/C12H12IN5O2/c1-2-20-12(19)7-3-4-9(8(13)5-7)17-18-10(6-14)11(15)16/h3-5,17H,2H2,1H3,(H3,15,16)/b18-10+. The molecular weight excluding hydrogens is 373 g/mol. The number of ether oxygens (including phenoxy) is 1. The minimum Gasteiger partial charge on any atom is -0.462 e. The van der Waals surface area contributed by atoms with Crippen LogP contribution in [-0.4, -0.2) is 24.1 Å². The van der Waals surface area contributed by atoms with Crippen LogP contribution in [0.5, 0.6) is 0 Å². The van der Waals surface area contributed by atoms with Crippen molar-refractivity contribution in [2.24, 2.45) is 10.8 Å². The van der Waals surface area contributed by atoms with Crippen LogP contribution in [0.25, 0.3) is 0 Å². The lowest BCUT2D eigenvalue weighted by atomic mass is 10.2. The lowest BCUT2D eigenvalue weighted by molar-refractivity contribution is 0.0526. The van der Waals surface area contributed by atoms with Crippen molar-refractivity contribution in [1.29, 1.82) is 10.7 Å². The van der Waals surface area contributed by atoms with Crippen LogP contribution in [-0.2, 0) is 4.74 Å². The molecule has 0 bridgehead atoms. The van der Waals surface area contributed by atoms with Gasteiger partial charge >= 0.3 is 5.97 Å². The molecule has 0 fully saturated rings. The van der Waals surface area contributed by atoms with Gasteiger partial charge in [0, 0.05) is 3.57 Å². The number of amidine groups is 1. The van der Waals surface area contributed by atoms with Crippen LogP contribution >= 0.6 is 22.6 Å². The molecular formula is C12H12IN5O2. The summed E-state index contributed by atoms with van der Waals surface area (Å²) in [7, 11) is 0. The Kier molecular flexibility index (Phi) is 5.92. The number of esters is 1. The van der Waals surface area contributed by atoms with Gasteiger partial charge in [-0.25, -0.2) is 4.79 Å². The molecule has 4 N–H and O–H groups in total. The number of halogens is 1. The molecule has 0 atom stereocenters. The number of hydrogen-bond acceptors (Lipinski definition) is 6. The molecule has 0 radical (unpaired) electrons. The van der Waals surface area contributed by atoms with E-state index in [4.69, 9.17) is 21.1 Å². The number of nitrogens with two attached hydrogens (primary N) is 1. The Morgan fingerprint density at radius 3 is 2.85 bits per heavy atom. The van der Waals surface area contributed by atoms with Gasteiger partial charge in [0.05, 0.1) is 17.9 Å². The number of benzene rings is 1. The molecule has 8 heteroatoms. The van der Waals surface area contributed by atoms with E-state index in [-0.39, 0.29) is 5.71 Å². The smallest absolute Gasteiger partial charge is 0.338 e. The third-order valence-electron chi connectivity index (χ3n) is 2.13. The van der Waals surface area contributed by atoms with Crippen LogP contribution in [0.2, 0.25) is 0 Å². The van der Waals surface area contributed by atoms with Crippen molar-refractivity contribution >= 4 is 45.8 Å². The highest BCUT2D eigenvalue weighted by molar-refractivity contribution is 14.1. The highest BCUT2D eigenvalue weighted by Gasteiger charge is 2.09. The van der Waals surface area contributed by atoms with Crippen molar-refractivity contribution in [1.82, 2.24) is 0 Å². The van der Waals surface area contributed by atoms with E-state index >= 15 is 0 Å². The van der Waals surface area contributed by atoms with Crippen LogP contribution < -0.4 is 11.2 Å². The summed E-state index contributed by atoms with van der Waals surface area (Å²) in [6.07, 6.45) is 0. The Balaban J connectivity index is 2.92. The fourth-order valence-corrected chi connectivity index (χ4v) is 1.84. The van der Waals surface area contributed by atoms with Crippen molar-refractivity contribution in [2.75, 3.05) is 12.0 Å². The van der Waals surface area contributed by atoms with E-state index in [2.05, 4.69) is 10.5 Å². The van der Waals surface area contributed by atoms with Crippen molar-refractivity contribution in [3.63, 3.8) is 0 Å². The molecule has 0 unspecified atom stereocenters. The minimum atomic E-state index is -0.418. The lowest BCUT2D eigenvalue weighted by Crippen LogP contribution is -2.22. The number of nitrogens with one attached hydrogen (secondary N) is 2. The summed E-state index contributed by atoms with van der Waals surface area (Å²) in [5, 5.41) is 19.6. The molecule has 0 saturated heterocycles. The van der Waals surface area contributed by atoms with E-state index in [1.54, 1.807) is 31.2 Å². The summed E-state index contributed by atoms with van der Waals surface area (Å²) < 4.78 is 5.61. The van der Waals surface area contributed by atoms with Gasteiger partial charge in [0.1, 0.15) is 6.07 Å². The molecule has 1 aromatic rings. The summed E-state index contributed by atoms with van der Waals surface area (Å²) in [6, 6.07) is 6.55. The third kappa shape index (κ3) is 4.20. The first kappa shape index (κ1) is 15.9. The first-order chi connectivity index (χ1) is 9.49. The van der Waals surface area contributed by atoms with Crippen molar-refractivity contribution in [3.8, 4) is 6.07 Å². The summed E-state index contributed by atoms with van der Waals surface area (Å²) in [5.41, 5.74) is 8.61. The molecule has 104 valence electrons. The van der Waals surface area contributed by atoms with Crippen LogP contribution in [0.1, 0.15) is 17.3 Å². The molecule has 0 aromatic heterocycles. The maximum absolute atomic E-state index is 11.5. The molecule has 0 saturated carbocycles. The highest BCUT2D eigenvalue weighted by Crippen LogP contribution is 2.20. The summed E-state index contributed by atoms with van der Waals surface area (Å²) in [4.78, 5) is 11.5. The first-order valence-electron chi connectivity index (χ1n) is 5.54. The second-order valence-corrected chi connectivity index (χ2v) is 4.67. The normalized spacial score (nSPS) is 10.6. The zero-order valence-corrected chi connectivity index (χ0v) is 12.8. The van der Waals surface area contributed by atoms with Crippen LogP contribution in [0, 0.1) is 20.3 Å². The number of rotatable bonds is 5. The maximum atomic E-state index is 11.5. The molecule has 0 aliphatic carbocycles. The average Bonchev–Trinajstić information content (AvgIpc) is 2.40. The van der Waals surface area contributed by atoms with Gasteiger partial charge in [0.15, 0.2) is 5.84 Å². The number of nitriles is 1. The SMILES string of the molecule is CCOC(=O)c1ccc(N/N=C(\C#N)C(=N)N)c(I)c1. The fourth-order valence-electron chi connectivity index (χ4n) is 1.21. The van der Waals surface area contributed by atoms with Gasteiger partial charge in [-0.2, -0.15) is 10.4 Å². The first-order valence-corrected chi connectivity index (χ1v) is 6.62. The van der Waals surface area contributed by atoms with E-state index in [1.807, 2.05) is 22.6 Å². The summed E-state index contributed by atoms with van der Waals surface area (Å²) in [6.45, 7) is 2.04. The molecule has 0 aliphatic rings. The number of hydrazone groups is 1. The second kappa shape index (κ2) is 7.44. The van der Waals surface area contributed by atoms with Gasteiger partial charge in [-0.1, -0.05) is 0 Å². The zero-order valence-electron chi connectivity index (χ0n) is 10.6. The van der Waals surface area contributed by atoms with Crippen LogP contribution in [0.3, 0.4) is 0 Å². The molecule has 20 heavy (non-hydrogen) atoms. The number of anilines is 1. The number of carbonyl (C=O) groups is 1. The van der Waals surface area contributed by atoms with Gasteiger partial charge in [-0.05, 0) is 47.7 Å². The Morgan fingerprint density at radius 1 is 1.65 bits per heavy atom. The highest BCUT2D eigenvalue weighted by atomic mass is 127. The van der Waals surface area contributed by atoms with E-state index < -0.39 is 11.8 Å². The third-order valence-corrected chi connectivity index (χ3v) is 3.02. The maximum Gasteiger partial charge on any atom is 0.338 e. The monoisotopic (exact) mass is 385 g/mol. The zero-order chi connectivity index (χ0) is 15.1. The summed E-state index contributed by atoms with van der Waals surface area (Å²) in [5.74, 6) is -0.819. The molecule has 0 aliphatic heterocycles. The molecule has 0 spiro atoms. The minimum absolute atomic E-state index is 0.213. The molecule has 0 amide bonds. The van der Waals surface area contributed by atoms with E-state index in [0.29, 0.717) is 17.9 Å². The van der Waals surface area contributed by atoms with Gasteiger partial charge < -0.3 is 10.5 Å². The van der Waals surface area contributed by atoms with E-state index in [1.165, 1.54) is 0 Å². The van der Waals surface area contributed by atoms with Crippen LogP contribution in [0.4, 0.5) is 5.69 Å². The van der Waals surface area contributed by atoms with Gasteiger partial charge in [-0.15, -0.1) is 0 Å². The second-order valence-electron chi connectivity index (χ2n) is 3.51. The van der Waals surface area contributed by atoms with Crippen molar-refractivity contribution in [2.45, 2.75) is 6.92 Å². The quantitative estimate of drug-likeness (QED) is 0.234. The molecule has 0 heterocycles. The lowest BCUT2D eigenvalue weighted by Gasteiger charge is -2.07. The Bertz CT molecular complexity index is 606. The largest absolute Gasteiger partial charge is 0.462 e. The molecule has 1 rings (SSSR count). The predicted octanol–water partition coefficient (Wildman–Crippen LogP) is 1.70. The molecule has 1 aromatic carbocycles. The van der Waals surface area contributed by atoms with Crippen LogP contribution in [0.15, 0.2) is 23.3 Å². The molecule has 7 nitrogen and oxygen atoms in total.